The summed E-state index contributed by atoms with van der Waals surface area (Å²) < 4.78 is 18.4. The zero-order chi connectivity index (χ0) is 17.6. The quantitative estimate of drug-likeness (QED) is 0.629. The fourth-order valence-corrected chi connectivity index (χ4v) is 2.90. The van der Waals surface area contributed by atoms with Crippen LogP contribution in [0.25, 0.3) is 10.7 Å². The van der Waals surface area contributed by atoms with E-state index >= 15 is 0 Å². The molecule has 25 heavy (non-hydrogen) atoms. The van der Waals surface area contributed by atoms with Crippen molar-refractivity contribution in [1.29, 1.82) is 0 Å². The number of rotatable bonds is 6. The first-order chi connectivity index (χ1) is 12.2. The smallest absolute Gasteiger partial charge is 0.319 e. The fourth-order valence-electron chi connectivity index (χ4n) is 2.26. The highest BCUT2D eigenvalue weighted by Crippen LogP contribution is 2.26. The maximum absolute atomic E-state index is 13.0. The van der Waals surface area contributed by atoms with Crippen LogP contribution in [0.15, 0.2) is 42.0 Å². The van der Waals surface area contributed by atoms with Crippen LogP contribution in [0.4, 0.5) is 14.9 Å². The zero-order valence-electron chi connectivity index (χ0n) is 13.3. The van der Waals surface area contributed by atoms with Crippen LogP contribution in [0.2, 0.25) is 0 Å². The summed E-state index contributed by atoms with van der Waals surface area (Å²) in [6, 6.07) is 5.56. The second kappa shape index (κ2) is 7.86. The Bertz CT molecular complexity index is 819. The molecule has 0 aliphatic rings. The number of hydrogen-bond donors (Lipinski definition) is 3. The first kappa shape index (κ1) is 17.1. The van der Waals surface area contributed by atoms with Crippen LogP contribution < -0.4 is 10.6 Å². The predicted molar refractivity (Wildman–Crippen MR) is 92.9 cm³/mol. The van der Waals surface area contributed by atoms with Gasteiger partial charge in [0.15, 0.2) is 0 Å². The Morgan fingerprint density at radius 3 is 2.88 bits per heavy atom. The van der Waals surface area contributed by atoms with Gasteiger partial charge in [0.05, 0.1) is 18.0 Å². The third-order valence-electron chi connectivity index (χ3n) is 3.51. The van der Waals surface area contributed by atoms with Crippen LogP contribution in [-0.2, 0) is 4.74 Å². The molecule has 1 aromatic carbocycles. The lowest BCUT2D eigenvalue weighted by Crippen LogP contribution is -2.33. The highest BCUT2D eigenvalue weighted by molar-refractivity contribution is 7.13. The molecule has 0 bridgehead atoms. The Hall–Kier alpha value is -2.78. The van der Waals surface area contributed by atoms with Crippen LogP contribution in [0.3, 0.4) is 0 Å². The topological polar surface area (TPSA) is 91.9 Å². The molecule has 1 unspecified atom stereocenters. The minimum Gasteiger partial charge on any atom is -0.375 e. The lowest BCUT2D eigenvalue weighted by atomic mass is 10.1. The molecule has 3 N–H and O–H groups in total. The molecule has 3 aromatic rings. The third-order valence-corrected chi connectivity index (χ3v) is 4.30. The van der Waals surface area contributed by atoms with Gasteiger partial charge in [0.2, 0.25) is 0 Å². The SMILES string of the molecule is COC(CNC(=O)Nc1cn[nH]c1-c1nccs1)c1ccc(F)cc1. The largest absolute Gasteiger partial charge is 0.375 e. The summed E-state index contributed by atoms with van der Waals surface area (Å²) in [6.45, 7) is 0.235. The second-order valence-corrected chi connectivity index (χ2v) is 6.00. The van der Waals surface area contributed by atoms with Crippen LogP contribution in [0, 0.1) is 5.82 Å². The number of nitrogens with one attached hydrogen (secondary N) is 3. The average Bonchev–Trinajstić information content (AvgIpc) is 3.28. The Morgan fingerprint density at radius 1 is 1.40 bits per heavy atom. The third kappa shape index (κ3) is 4.20. The molecule has 0 saturated heterocycles. The highest BCUT2D eigenvalue weighted by Gasteiger charge is 2.15. The molecule has 130 valence electrons. The van der Waals surface area contributed by atoms with Gasteiger partial charge in [-0.25, -0.2) is 14.2 Å². The van der Waals surface area contributed by atoms with Crippen LogP contribution >= 0.6 is 11.3 Å². The van der Waals surface area contributed by atoms with Gasteiger partial charge < -0.3 is 15.4 Å². The van der Waals surface area contributed by atoms with Crippen molar-refractivity contribution in [2.45, 2.75) is 6.10 Å². The molecule has 0 spiro atoms. The number of anilines is 1. The van der Waals surface area contributed by atoms with E-state index in [1.807, 2.05) is 5.38 Å². The van der Waals surface area contributed by atoms with Crippen molar-refractivity contribution >= 4 is 23.1 Å². The van der Waals surface area contributed by atoms with Gasteiger partial charge in [0.1, 0.15) is 16.5 Å². The maximum atomic E-state index is 13.0. The predicted octanol–water partition coefficient (Wildman–Crippen LogP) is 3.18. The van der Waals surface area contributed by atoms with E-state index in [9.17, 15) is 9.18 Å². The summed E-state index contributed by atoms with van der Waals surface area (Å²) in [5.41, 5.74) is 1.95. The number of methoxy groups -OCH3 is 1. The monoisotopic (exact) mass is 361 g/mol. The summed E-state index contributed by atoms with van der Waals surface area (Å²) >= 11 is 1.44. The summed E-state index contributed by atoms with van der Waals surface area (Å²) in [5, 5.41) is 14.8. The van der Waals surface area contributed by atoms with Crippen molar-refractivity contribution in [2.75, 3.05) is 19.0 Å². The van der Waals surface area contributed by atoms with Gasteiger partial charge in [0.25, 0.3) is 0 Å². The van der Waals surface area contributed by atoms with Gasteiger partial charge in [0, 0.05) is 25.2 Å². The van der Waals surface area contributed by atoms with Crippen molar-refractivity contribution in [1.82, 2.24) is 20.5 Å². The molecule has 0 aliphatic heterocycles. The zero-order valence-corrected chi connectivity index (χ0v) is 14.1. The van der Waals surface area contributed by atoms with E-state index in [1.54, 1.807) is 18.3 Å². The number of amides is 2. The first-order valence-electron chi connectivity index (χ1n) is 7.43. The first-order valence-corrected chi connectivity index (χ1v) is 8.31. The van der Waals surface area contributed by atoms with Crippen molar-refractivity contribution in [2.24, 2.45) is 0 Å². The Morgan fingerprint density at radius 2 is 2.20 bits per heavy atom. The number of halogens is 1. The lowest BCUT2D eigenvalue weighted by Gasteiger charge is -2.16. The number of ether oxygens (including phenoxy) is 1. The van der Waals surface area contributed by atoms with E-state index in [4.69, 9.17) is 4.74 Å². The molecule has 1 atom stereocenters. The number of thiazole rings is 1. The molecular formula is C16H16FN5O2S. The molecule has 0 fully saturated rings. The normalized spacial score (nSPS) is 11.9. The summed E-state index contributed by atoms with van der Waals surface area (Å²) in [7, 11) is 1.53. The number of carbonyl (C=O) groups excluding carboxylic acids is 1. The highest BCUT2D eigenvalue weighted by atomic mass is 32.1. The lowest BCUT2D eigenvalue weighted by molar-refractivity contribution is 0.104. The molecule has 7 nitrogen and oxygen atoms in total. The molecular weight excluding hydrogens is 345 g/mol. The van der Waals surface area contributed by atoms with E-state index < -0.39 is 6.03 Å². The molecule has 2 heterocycles. The Labute approximate surface area is 147 Å². The average molecular weight is 361 g/mol. The van der Waals surface area contributed by atoms with Gasteiger partial charge in [-0.05, 0) is 17.7 Å². The molecule has 3 rings (SSSR count). The number of carbonyl (C=O) groups is 1. The minimum atomic E-state index is -0.400. The molecule has 0 aliphatic carbocycles. The van der Waals surface area contributed by atoms with E-state index in [1.165, 1.54) is 36.8 Å². The second-order valence-electron chi connectivity index (χ2n) is 5.11. The Balaban J connectivity index is 1.59. The maximum Gasteiger partial charge on any atom is 0.319 e. The summed E-state index contributed by atoms with van der Waals surface area (Å²) in [5.74, 6) is -0.320. The van der Waals surface area contributed by atoms with Gasteiger partial charge in [-0.15, -0.1) is 11.3 Å². The number of H-pyrrole nitrogens is 1. The van der Waals surface area contributed by atoms with Gasteiger partial charge >= 0.3 is 6.03 Å². The fraction of sp³-hybridized carbons (Fsp3) is 0.188. The van der Waals surface area contributed by atoms with Gasteiger partial charge in [-0.3, -0.25) is 5.10 Å². The van der Waals surface area contributed by atoms with Crippen molar-refractivity contribution in [3.05, 3.63) is 53.4 Å². The molecule has 9 heteroatoms. The molecule has 2 amide bonds. The van der Waals surface area contributed by atoms with Crippen LogP contribution in [-0.4, -0.2) is 34.9 Å². The standard InChI is InChI=1S/C16H16FN5O2S/c1-24-13(10-2-4-11(17)5-3-10)9-19-16(23)21-12-8-20-22-14(12)15-18-6-7-25-15/h2-8,13H,9H2,1H3,(H,20,22)(H2,19,21,23). The summed E-state index contributed by atoms with van der Waals surface area (Å²) in [4.78, 5) is 16.3. The van der Waals surface area contributed by atoms with E-state index in [2.05, 4.69) is 25.8 Å². The van der Waals surface area contributed by atoms with E-state index in [-0.39, 0.29) is 18.5 Å². The van der Waals surface area contributed by atoms with Gasteiger partial charge in [-0.2, -0.15) is 5.10 Å². The van der Waals surface area contributed by atoms with Crippen molar-refractivity contribution in [3.8, 4) is 10.7 Å². The number of aromatic amines is 1. The van der Waals surface area contributed by atoms with Crippen molar-refractivity contribution < 1.29 is 13.9 Å². The number of nitrogens with zero attached hydrogens (tertiary/aromatic N) is 2. The molecule has 0 radical (unpaired) electrons. The van der Waals surface area contributed by atoms with Gasteiger partial charge in [-0.1, -0.05) is 12.1 Å². The van der Waals surface area contributed by atoms with E-state index in [0.29, 0.717) is 11.4 Å². The number of urea groups is 1. The number of aromatic nitrogens is 3. The number of hydrogen-bond acceptors (Lipinski definition) is 5. The number of benzene rings is 1. The summed E-state index contributed by atoms with van der Waals surface area (Å²) in [6.07, 6.45) is 2.81. The van der Waals surface area contributed by atoms with E-state index in [0.717, 1.165) is 10.6 Å². The molecule has 2 aromatic heterocycles. The Kier molecular flexibility index (Phi) is 5.36. The van der Waals surface area contributed by atoms with Crippen LogP contribution in [0.5, 0.6) is 0 Å². The minimum absolute atomic E-state index is 0.235. The molecule has 0 saturated carbocycles. The van der Waals surface area contributed by atoms with Crippen molar-refractivity contribution in [3.63, 3.8) is 0 Å². The van der Waals surface area contributed by atoms with Crippen LogP contribution in [0.1, 0.15) is 11.7 Å².